The maximum atomic E-state index is 12.2. The summed E-state index contributed by atoms with van der Waals surface area (Å²) in [6, 6.07) is 10.6. The molecule has 0 aliphatic carbocycles. The maximum Gasteiger partial charge on any atom is 0.255 e. The van der Waals surface area contributed by atoms with E-state index in [-0.39, 0.29) is 5.91 Å². The van der Waals surface area contributed by atoms with Gasteiger partial charge in [-0.15, -0.1) is 0 Å². The van der Waals surface area contributed by atoms with E-state index in [1.807, 2.05) is 26.0 Å². The molecule has 5 N–H and O–H groups in total. The monoisotopic (exact) mass is 269 g/mol. The Labute approximate surface area is 118 Å². The molecule has 4 nitrogen and oxygen atoms in total. The van der Waals surface area contributed by atoms with Crippen molar-refractivity contribution in [2.75, 3.05) is 16.8 Å². The summed E-state index contributed by atoms with van der Waals surface area (Å²) < 4.78 is 0. The van der Waals surface area contributed by atoms with Gasteiger partial charge in [-0.25, -0.2) is 0 Å². The van der Waals surface area contributed by atoms with Crippen LogP contribution < -0.4 is 16.8 Å². The van der Waals surface area contributed by atoms with Gasteiger partial charge >= 0.3 is 0 Å². The number of hydrogen-bond donors (Lipinski definition) is 3. The molecule has 104 valence electrons. The lowest BCUT2D eigenvalue weighted by Crippen LogP contribution is -2.14. The minimum Gasteiger partial charge on any atom is -0.399 e. The molecule has 0 saturated carbocycles. The Hall–Kier alpha value is -2.49. The zero-order valence-corrected chi connectivity index (χ0v) is 11.7. The molecule has 0 aliphatic heterocycles. The quantitative estimate of drug-likeness (QED) is 0.749. The average molecular weight is 269 g/mol. The molecule has 0 radical (unpaired) electrons. The molecule has 0 heterocycles. The van der Waals surface area contributed by atoms with Crippen LogP contribution >= 0.6 is 0 Å². The predicted octanol–water partition coefficient (Wildman–Crippen LogP) is 2.97. The number of aryl methyl sites for hydroxylation is 2. The molecule has 1 amide bonds. The molecule has 0 aromatic heterocycles. The van der Waals surface area contributed by atoms with Crippen LogP contribution in [-0.4, -0.2) is 5.91 Å². The lowest BCUT2D eigenvalue weighted by molar-refractivity contribution is 0.102. The molecule has 0 atom stereocenters. The van der Waals surface area contributed by atoms with Crippen molar-refractivity contribution in [2.24, 2.45) is 0 Å². The summed E-state index contributed by atoms with van der Waals surface area (Å²) in [5.41, 5.74) is 16.2. The molecule has 20 heavy (non-hydrogen) atoms. The second kappa shape index (κ2) is 5.65. The van der Waals surface area contributed by atoms with Crippen molar-refractivity contribution in [2.45, 2.75) is 20.3 Å². The highest BCUT2D eigenvalue weighted by Crippen LogP contribution is 2.25. The summed E-state index contributed by atoms with van der Waals surface area (Å²) in [4.78, 5) is 12.2. The van der Waals surface area contributed by atoms with Crippen molar-refractivity contribution in [3.05, 3.63) is 53.1 Å². The van der Waals surface area contributed by atoms with Crippen molar-refractivity contribution in [1.29, 1.82) is 0 Å². The van der Waals surface area contributed by atoms with E-state index in [9.17, 15) is 4.79 Å². The Balaban J connectivity index is 2.30. The Bertz CT molecular complexity index is 633. The van der Waals surface area contributed by atoms with E-state index in [1.165, 1.54) is 0 Å². The number of anilines is 3. The van der Waals surface area contributed by atoms with E-state index in [4.69, 9.17) is 11.5 Å². The number of benzene rings is 2. The molecular formula is C16H19N3O. The van der Waals surface area contributed by atoms with E-state index in [1.54, 1.807) is 24.3 Å². The van der Waals surface area contributed by atoms with Crippen LogP contribution in [0.4, 0.5) is 17.1 Å². The number of nitrogen functional groups attached to an aromatic ring is 2. The van der Waals surface area contributed by atoms with Gasteiger partial charge < -0.3 is 16.8 Å². The molecule has 0 spiro atoms. The van der Waals surface area contributed by atoms with Crippen LogP contribution in [0.1, 0.15) is 28.4 Å². The van der Waals surface area contributed by atoms with Gasteiger partial charge in [-0.2, -0.15) is 0 Å². The first-order chi connectivity index (χ1) is 9.51. The third kappa shape index (κ3) is 2.91. The highest BCUT2D eigenvalue weighted by atomic mass is 16.1. The zero-order chi connectivity index (χ0) is 14.7. The minimum absolute atomic E-state index is 0.146. The molecule has 2 aromatic carbocycles. The number of rotatable bonds is 3. The van der Waals surface area contributed by atoms with Gasteiger partial charge in [0.05, 0.1) is 0 Å². The van der Waals surface area contributed by atoms with Crippen LogP contribution in [-0.2, 0) is 6.42 Å². The second-order valence-corrected chi connectivity index (χ2v) is 4.80. The third-order valence-corrected chi connectivity index (χ3v) is 3.23. The van der Waals surface area contributed by atoms with Crippen molar-refractivity contribution in [3.63, 3.8) is 0 Å². The summed E-state index contributed by atoms with van der Waals surface area (Å²) >= 11 is 0. The van der Waals surface area contributed by atoms with Gasteiger partial charge in [0.2, 0.25) is 0 Å². The molecule has 2 rings (SSSR count). The molecule has 4 heteroatoms. The standard InChI is InChI=1S/C16H19N3O/c1-3-11-9-14(18)8-10(2)15(11)19-16(20)12-4-6-13(17)7-5-12/h4-9H,3,17-18H2,1-2H3,(H,19,20). The second-order valence-electron chi connectivity index (χ2n) is 4.80. The smallest absolute Gasteiger partial charge is 0.255 e. The molecule has 0 bridgehead atoms. The van der Waals surface area contributed by atoms with Gasteiger partial charge in [-0.1, -0.05) is 6.92 Å². The van der Waals surface area contributed by atoms with Crippen molar-refractivity contribution >= 4 is 23.0 Å². The van der Waals surface area contributed by atoms with E-state index >= 15 is 0 Å². The minimum atomic E-state index is -0.146. The summed E-state index contributed by atoms with van der Waals surface area (Å²) in [7, 11) is 0. The number of nitrogens with two attached hydrogens (primary N) is 2. The summed E-state index contributed by atoms with van der Waals surface area (Å²) in [6.45, 7) is 3.97. The molecular weight excluding hydrogens is 250 g/mol. The van der Waals surface area contributed by atoms with Crippen molar-refractivity contribution < 1.29 is 4.79 Å². The van der Waals surface area contributed by atoms with Gasteiger partial charge in [0.1, 0.15) is 0 Å². The number of nitrogens with one attached hydrogen (secondary N) is 1. The van der Waals surface area contributed by atoms with Crippen LogP contribution in [0, 0.1) is 6.92 Å². The lowest BCUT2D eigenvalue weighted by atomic mass is 10.0. The van der Waals surface area contributed by atoms with Crippen LogP contribution in [0.5, 0.6) is 0 Å². The van der Waals surface area contributed by atoms with Crippen molar-refractivity contribution in [1.82, 2.24) is 0 Å². The molecule has 0 fully saturated rings. The summed E-state index contributed by atoms with van der Waals surface area (Å²) in [5, 5.41) is 2.96. The lowest BCUT2D eigenvalue weighted by Gasteiger charge is -2.14. The van der Waals surface area contributed by atoms with E-state index in [2.05, 4.69) is 5.32 Å². The number of carbonyl (C=O) groups excluding carboxylic acids is 1. The van der Waals surface area contributed by atoms with Crippen LogP contribution in [0.15, 0.2) is 36.4 Å². The van der Waals surface area contributed by atoms with Crippen LogP contribution in [0.2, 0.25) is 0 Å². The highest BCUT2D eigenvalue weighted by molar-refractivity contribution is 6.05. The zero-order valence-electron chi connectivity index (χ0n) is 11.7. The van der Waals surface area contributed by atoms with Gasteiger partial charge in [-0.3, -0.25) is 4.79 Å². The third-order valence-electron chi connectivity index (χ3n) is 3.23. The van der Waals surface area contributed by atoms with Gasteiger partial charge in [0.15, 0.2) is 0 Å². The SMILES string of the molecule is CCc1cc(N)cc(C)c1NC(=O)c1ccc(N)cc1. The average Bonchev–Trinajstić information content (AvgIpc) is 2.42. The van der Waals surface area contributed by atoms with Crippen molar-refractivity contribution in [3.8, 4) is 0 Å². The normalized spacial score (nSPS) is 10.3. The number of carbonyl (C=O) groups is 1. The Morgan fingerprint density at radius 1 is 1.10 bits per heavy atom. The Morgan fingerprint density at radius 3 is 2.35 bits per heavy atom. The number of hydrogen-bond acceptors (Lipinski definition) is 3. The largest absolute Gasteiger partial charge is 0.399 e. The van der Waals surface area contributed by atoms with Gasteiger partial charge in [0, 0.05) is 22.6 Å². The van der Waals surface area contributed by atoms with E-state index < -0.39 is 0 Å². The summed E-state index contributed by atoms with van der Waals surface area (Å²) in [5.74, 6) is -0.146. The van der Waals surface area contributed by atoms with Gasteiger partial charge in [-0.05, 0) is 60.9 Å². The predicted molar refractivity (Wildman–Crippen MR) is 83.8 cm³/mol. The maximum absolute atomic E-state index is 12.2. The first-order valence-corrected chi connectivity index (χ1v) is 6.57. The first-order valence-electron chi connectivity index (χ1n) is 6.57. The molecule has 0 saturated heterocycles. The molecule has 0 aliphatic rings. The van der Waals surface area contributed by atoms with Crippen LogP contribution in [0.3, 0.4) is 0 Å². The summed E-state index contributed by atoms with van der Waals surface area (Å²) in [6.07, 6.45) is 0.809. The molecule has 0 unspecified atom stereocenters. The topological polar surface area (TPSA) is 81.1 Å². The van der Waals surface area contributed by atoms with E-state index in [0.29, 0.717) is 16.9 Å². The fourth-order valence-electron chi connectivity index (χ4n) is 2.17. The Kier molecular flexibility index (Phi) is 3.94. The molecule has 2 aromatic rings. The highest BCUT2D eigenvalue weighted by Gasteiger charge is 2.11. The first kappa shape index (κ1) is 13.9. The fourth-order valence-corrected chi connectivity index (χ4v) is 2.17. The number of amides is 1. The van der Waals surface area contributed by atoms with Gasteiger partial charge in [0.25, 0.3) is 5.91 Å². The van der Waals surface area contributed by atoms with E-state index in [0.717, 1.165) is 23.2 Å². The fraction of sp³-hybridized carbons (Fsp3) is 0.188. The Morgan fingerprint density at radius 2 is 1.75 bits per heavy atom. The van der Waals surface area contributed by atoms with Crippen LogP contribution in [0.25, 0.3) is 0 Å².